The number of carbonyl (C=O) groups excluding carboxylic acids is 1. The van der Waals surface area contributed by atoms with E-state index in [-0.39, 0.29) is 5.91 Å². The summed E-state index contributed by atoms with van der Waals surface area (Å²) in [5.74, 6) is 0.608. The van der Waals surface area contributed by atoms with E-state index < -0.39 is 5.54 Å². The van der Waals surface area contributed by atoms with Crippen molar-refractivity contribution in [2.45, 2.75) is 32.9 Å². The van der Waals surface area contributed by atoms with Gasteiger partial charge in [0.2, 0.25) is 5.91 Å². The lowest BCUT2D eigenvalue weighted by Gasteiger charge is -2.22. The smallest absolute Gasteiger partial charge is 0.239 e. The van der Waals surface area contributed by atoms with Crippen LogP contribution in [-0.4, -0.2) is 23.5 Å². The number of nitrogens with zero attached hydrogens (tertiary/aromatic N) is 1. The van der Waals surface area contributed by atoms with Crippen molar-refractivity contribution in [2.24, 2.45) is 0 Å². The second-order valence-electron chi connectivity index (χ2n) is 5.09. The number of nitrogens with one attached hydrogen (secondary N) is 2. The SMILES string of the molecule is CNC(C)(C)C(=O)NCc1ccc2nc(C)oc2c1. The number of fused-ring (bicyclic) bond motifs is 1. The highest BCUT2D eigenvalue weighted by atomic mass is 16.3. The maximum absolute atomic E-state index is 11.9. The van der Waals surface area contributed by atoms with Gasteiger partial charge in [0.25, 0.3) is 0 Å². The molecule has 5 nitrogen and oxygen atoms in total. The van der Waals surface area contributed by atoms with E-state index >= 15 is 0 Å². The summed E-state index contributed by atoms with van der Waals surface area (Å²) in [6.07, 6.45) is 0. The van der Waals surface area contributed by atoms with Crippen LogP contribution in [0.2, 0.25) is 0 Å². The molecular weight excluding hydrogens is 242 g/mol. The molecule has 0 radical (unpaired) electrons. The summed E-state index contributed by atoms with van der Waals surface area (Å²) in [6, 6.07) is 5.75. The third kappa shape index (κ3) is 2.93. The fourth-order valence-electron chi connectivity index (χ4n) is 1.71. The number of rotatable bonds is 4. The minimum absolute atomic E-state index is 0.0381. The summed E-state index contributed by atoms with van der Waals surface area (Å²) in [6.45, 7) is 5.97. The van der Waals surface area contributed by atoms with Gasteiger partial charge in [-0.1, -0.05) is 6.07 Å². The predicted molar refractivity (Wildman–Crippen MR) is 73.7 cm³/mol. The third-order valence-corrected chi connectivity index (χ3v) is 3.21. The molecule has 2 rings (SSSR count). The molecule has 1 aromatic heterocycles. The number of hydrogen-bond acceptors (Lipinski definition) is 4. The van der Waals surface area contributed by atoms with Gasteiger partial charge < -0.3 is 15.1 Å². The Labute approximate surface area is 112 Å². The molecule has 5 heteroatoms. The topological polar surface area (TPSA) is 67.2 Å². The van der Waals surface area contributed by atoms with Crippen LogP contribution >= 0.6 is 0 Å². The van der Waals surface area contributed by atoms with Crippen LogP contribution in [0.25, 0.3) is 11.1 Å². The van der Waals surface area contributed by atoms with Crippen LogP contribution in [0, 0.1) is 6.92 Å². The summed E-state index contributed by atoms with van der Waals surface area (Å²) < 4.78 is 5.47. The number of carbonyl (C=O) groups is 1. The molecule has 0 fully saturated rings. The quantitative estimate of drug-likeness (QED) is 0.880. The van der Waals surface area contributed by atoms with E-state index in [1.807, 2.05) is 39.0 Å². The maximum atomic E-state index is 11.9. The Kier molecular flexibility index (Phi) is 3.57. The van der Waals surface area contributed by atoms with Crippen molar-refractivity contribution in [3.8, 4) is 0 Å². The van der Waals surface area contributed by atoms with Crippen LogP contribution in [0.15, 0.2) is 22.6 Å². The standard InChI is InChI=1S/C14H19N3O2/c1-9-17-11-6-5-10(7-12(11)19-9)8-16-13(18)14(2,3)15-4/h5-7,15H,8H2,1-4H3,(H,16,18). The Morgan fingerprint density at radius 2 is 2.16 bits per heavy atom. The van der Waals surface area contributed by atoms with Gasteiger partial charge in [0.1, 0.15) is 5.52 Å². The van der Waals surface area contributed by atoms with Gasteiger partial charge in [0.15, 0.2) is 11.5 Å². The van der Waals surface area contributed by atoms with Crippen LogP contribution in [0.4, 0.5) is 0 Å². The number of benzene rings is 1. The average Bonchev–Trinajstić information content (AvgIpc) is 2.74. The first kappa shape index (κ1) is 13.5. The molecule has 2 aromatic rings. The normalized spacial score (nSPS) is 11.8. The Balaban J connectivity index is 2.07. The number of aromatic nitrogens is 1. The van der Waals surface area contributed by atoms with Gasteiger partial charge in [0.05, 0.1) is 5.54 Å². The van der Waals surface area contributed by atoms with Gasteiger partial charge in [-0.2, -0.15) is 0 Å². The van der Waals surface area contributed by atoms with E-state index in [9.17, 15) is 4.79 Å². The lowest BCUT2D eigenvalue weighted by atomic mass is 10.1. The lowest BCUT2D eigenvalue weighted by Crippen LogP contribution is -2.50. The first-order valence-electron chi connectivity index (χ1n) is 6.25. The molecule has 1 amide bonds. The molecule has 2 N–H and O–H groups in total. The van der Waals surface area contributed by atoms with Crippen molar-refractivity contribution in [3.05, 3.63) is 29.7 Å². The molecule has 0 atom stereocenters. The zero-order valence-electron chi connectivity index (χ0n) is 11.7. The van der Waals surface area contributed by atoms with Crippen molar-refractivity contribution in [1.29, 1.82) is 0 Å². The Morgan fingerprint density at radius 1 is 1.42 bits per heavy atom. The molecule has 0 spiro atoms. The number of oxazole rings is 1. The van der Waals surface area contributed by atoms with E-state index in [0.29, 0.717) is 12.4 Å². The van der Waals surface area contributed by atoms with E-state index in [4.69, 9.17) is 4.42 Å². The molecule has 0 aliphatic carbocycles. The van der Waals surface area contributed by atoms with Gasteiger partial charge in [0, 0.05) is 13.5 Å². The van der Waals surface area contributed by atoms with E-state index in [0.717, 1.165) is 16.7 Å². The third-order valence-electron chi connectivity index (χ3n) is 3.21. The first-order chi connectivity index (χ1) is 8.92. The van der Waals surface area contributed by atoms with E-state index in [2.05, 4.69) is 15.6 Å². The second kappa shape index (κ2) is 5.01. The molecule has 0 saturated heterocycles. The van der Waals surface area contributed by atoms with Gasteiger partial charge in [-0.05, 0) is 38.6 Å². The largest absolute Gasteiger partial charge is 0.441 e. The lowest BCUT2D eigenvalue weighted by molar-refractivity contribution is -0.126. The van der Waals surface area contributed by atoms with Crippen LogP contribution in [-0.2, 0) is 11.3 Å². The van der Waals surface area contributed by atoms with E-state index in [1.165, 1.54) is 0 Å². The number of aryl methyl sites for hydroxylation is 1. The summed E-state index contributed by atoms with van der Waals surface area (Å²) in [7, 11) is 1.77. The predicted octanol–water partition coefficient (Wildman–Crippen LogP) is 1.75. The molecule has 102 valence electrons. The van der Waals surface area contributed by atoms with E-state index in [1.54, 1.807) is 7.05 Å². The van der Waals surface area contributed by atoms with Gasteiger partial charge in [-0.15, -0.1) is 0 Å². The highest BCUT2D eigenvalue weighted by Crippen LogP contribution is 2.16. The Bertz CT molecular complexity index is 602. The Hall–Kier alpha value is -1.88. The zero-order valence-corrected chi connectivity index (χ0v) is 11.7. The molecular formula is C14H19N3O2. The van der Waals surface area contributed by atoms with Gasteiger partial charge >= 0.3 is 0 Å². The van der Waals surface area contributed by atoms with Gasteiger partial charge in [-0.3, -0.25) is 4.79 Å². The number of likely N-dealkylation sites (N-methyl/N-ethyl adjacent to an activating group) is 1. The molecule has 1 aromatic carbocycles. The number of hydrogen-bond donors (Lipinski definition) is 2. The Morgan fingerprint density at radius 3 is 2.84 bits per heavy atom. The molecule has 1 heterocycles. The van der Waals surface area contributed by atoms with Crippen molar-refractivity contribution in [2.75, 3.05) is 7.05 Å². The molecule has 19 heavy (non-hydrogen) atoms. The maximum Gasteiger partial charge on any atom is 0.239 e. The second-order valence-corrected chi connectivity index (χ2v) is 5.09. The minimum atomic E-state index is -0.576. The first-order valence-corrected chi connectivity index (χ1v) is 6.25. The summed E-state index contributed by atoms with van der Waals surface area (Å²) in [4.78, 5) is 16.2. The van der Waals surface area contributed by atoms with Gasteiger partial charge in [-0.25, -0.2) is 4.98 Å². The number of amides is 1. The summed E-state index contributed by atoms with van der Waals surface area (Å²) >= 11 is 0. The zero-order chi connectivity index (χ0) is 14.0. The van der Waals surface area contributed by atoms with Crippen molar-refractivity contribution in [3.63, 3.8) is 0 Å². The molecule has 0 unspecified atom stereocenters. The minimum Gasteiger partial charge on any atom is -0.441 e. The fraction of sp³-hybridized carbons (Fsp3) is 0.429. The molecule has 0 bridgehead atoms. The monoisotopic (exact) mass is 261 g/mol. The molecule has 0 aliphatic heterocycles. The summed E-state index contributed by atoms with van der Waals surface area (Å²) in [5.41, 5.74) is 2.00. The highest BCUT2D eigenvalue weighted by Gasteiger charge is 2.24. The van der Waals surface area contributed by atoms with Crippen molar-refractivity contribution >= 4 is 17.0 Å². The highest BCUT2D eigenvalue weighted by molar-refractivity contribution is 5.85. The molecule has 0 aliphatic rings. The van der Waals surface area contributed by atoms with Crippen LogP contribution in [0.1, 0.15) is 25.3 Å². The summed E-state index contributed by atoms with van der Waals surface area (Å²) in [5, 5.41) is 5.87. The van der Waals surface area contributed by atoms with Crippen LogP contribution < -0.4 is 10.6 Å². The van der Waals surface area contributed by atoms with Crippen LogP contribution in [0.3, 0.4) is 0 Å². The van der Waals surface area contributed by atoms with Crippen molar-refractivity contribution in [1.82, 2.24) is 15.6 Å². The average molecular weight is 261 g/mol. The molecule has 0 saturated carbocycles. The van der Waals surface area contributed by atoms with Crippen LogP contribution in [0.5, 0.6) is 0 Å². The van der Waals surface area contributed by atoms with Crippen molar-refractivity contribution < 1.29 is 9.21 Å². The fourth-order valence-corrected chi connectivity index (χ4v) is 1.71.